The van der Waals surface area contributed by atoms with Gasteiger partial charge in [-0.05, 0) is 44.5 Å². The number of nitrogens with two attached hydrogens (primary N) is 1. The second-order valence-electron chi connectivity index (χ2n) is 6.74. The van der Waals surface area contributed by atoms with Crippen LogP contribution in [0.2, 0.25) is 0 Å². The molecule has 2 aromatic rings. The fraction of sp³-hybridized carbons (Fsp3) is 0.389. The van der Waals surface area contributed by atoms with Gasteiger partial charge in [-0.2, -0.15) is 0 Å². The van der Waals surface area contributed by atoms with Gasteiger partial charge in [0.1, 0.15) is 10.6 Å². The number of carbonyl (C=O) groups excluding carboxylic acids is 1. The zero-order valence-corrected chi connectivity index (χ0v) is 16.7. The van der Waals surface area contributed by atoms with E-state index in [9.17, 15) is 13.2 Å². The van der Waals surface area contributed by atoms with Crippen molar-refractivity contribution in [3.05, 3.63) is 36.0 Å². The molecule has 0 aliphatic heterocycles. The largest absolute Gasteiger partial charge is 0.384 e. The highest BCUT2D eigenvalue weighted by Crippen LogP contribution is 2.30. The highest BCUT2D eigenvalue weighted by atomic mass is 32.2. The van der Waals surface area contributed by atoms with Crippen LogP contribution < -0.4 is 16.4 Å². The number of anilines is 2. The monoisotopic (exact) mass is 391 g/mol. The van der Waals surface area contributed by atoms with Gasteiger partial charge in [0.05, 0.1) is 5.69 Å². The molecule has 146 valence electrons. The van der Waals surface area contributed by atoms with Gasteiger partial charge in [-0.15, -0.1) is 0 Å². The van der Waals surface area contributed by atoms with Gasteiger partial charge < -0.3 is 16.4 Å². The Labute approximate surface area is 159 Å². The van der Waals surface area contributed by atoms with Gasteiger partial charge in [0.25, 0.3) is 0 Å². The molecule has 0 aliphatic rings. The molecule has 0 spiro atoms. The Morgan fingerprint density at radius 2 is 1.81 bits per heavy atom. The van der Waals surface area contributed by atoms with E-state index in [0.717, 1.165) is 12.7 Å². The summed E-state index contributed by atoms with van der Waals surface area (Å²) >= 11 is 0. The summed E-state index contributed by atoms with van der Waals surface area (Å²) in [5.41, 5.74) is 7.47. The molecule has 2 amide bonds. The van der Waals surface area contributed by atoms with Crippen molar-refractivity contribution in [3.8, 4) is 11.4 Å². The molecule has 0 aliphatic carbocycles. The van der Waals surface area contributed by atoms with Crippen molar-refractivity contribution >= 4 is 27.4 Å². The normalized spacial score (nSPS) is 11.9. The van der Waals surface area contributed by atoms with Crippen molar-refractivity contribution in [3.63, 3.8) is 0 Å². The number of carbonyl (C=O) groups is 1. The summed E-state index contributed by atoms with van der Waals surface area (Å²) in [5, 5.41) is 5.45. The molecule has 0 atom stereocenters. The highest BCUT2D eigenvalue weighted by Gasteiger charge is 2.34. The number of rotatable bonds is 6. The van der Waals surface area contributed by atoms with E-state index in [0.29, 0.717) is 29.3 Å². The van der Waals surface area contributed by atoms with E-state index in [1.807, 2.05) is 6.92 Å². The second kappa shape index (κ2) is 7.91. The predicted molar refractivity (Wildman–Crippen MR) is 107 cm³/mol. The Kier molecular flexibility index (Phi) is 6.04. The molecule has 0 unspecified atom stereocenters. The van der Waals surface area contributed by atoms with E-state index in [2.05, 4.69) is 20.6 Å². The smallest absolute Gasteiger partial charge is 0.319 e. The molecule has 1 heterocycles. The molecule has 4 N–H and O–H groups in total. The number of nitrogen functional groups attached to an aromatic ring is 1. The molecule has 0 saturated carbocycles. The van der Waals surface area contributed by atoms with Crippen LogP contribution in [-0.4, -0.2) is 37.2 Å². The number of nitrogens with one attached hydrogen (secondary N) is 2. The number of hydrogen-bond acceptors (Lipinski definition) is 6. The summed E-state index contributed by atoms with van der Waals surface area (Å²) in [6, 6.07) is 8.10. The standard InChI is InChI=1S/C18H25N5O3S/c1-5-10-20-17(24)21-13-8-6-12(7-9-13)16-22-14(11-15(19)23-16)18(2,3)27(4,25)26/h6-9,11H,5,10H2,1-4H3,(H2,19,22,23)(H2,20,21,24). The predicted octanol–water partition coefficient (Wildman–Crippen LogP) is 2.54. The molecule has 1 aromatic heterocycles. The van der Waals surface area contributed by atoms with Gasteiger partial charge >= 0.3 is 6.03 Å². The molecule has 0 fully saturated rings. The Bertz CT molecular complexity index is 925. The minimum absolute atomic E-state index is 0.188. The lowest BCUT2D eigenvalue weighted by molar-refractivity contribution is 0.252. The van der Waals surface area contributed by atoms with Crippen LogP contribution >= 0.6 is 0 Å². The molecule has 0 radical (unpaired) electrons. The lowest BCUT2D eigenvalue weighted by atomic mass is 10.1. The third kappa shape index (κ3) is 4.94. The van der Waals surface area contributed by atoms with Gasteiger partial charge in [0.15, 0.2) is 15.7 Å². The summed E-state index contributed by atoms with van der Waals surface area (Å²) in [6.45, 7) is 5.73. The van der Waals surface area contributed by atoms with Gasteiger partial charge in [0, 0.05) is 30.1 Å². The highest BCUT2D eigenvalue weighted by molar-refractivity contribution is 7.91. The molecule has 2 rings (SSSR count). The van der Waals surface area contributed by atoms with Gasteiger partial charge in [-0.3, -0.25) is 0 Å². The average molecular weight is 391 g/mol. The molecule has 9 heteroatoms. The fourth-order valence-electron chi connectivity index (χ4n) is 2.21. The van der Waals surface area contributed by atoms with E-state index >= 15 is 0 Å². The first-order valence-corrected chi connectivity index (χ1v) is 10.4. The zero-order chi connectivity index (χ0) is 20.2. The summed E-state index contributed by atoms with van der Waals surface area (Å²) in [7, 11) is -3.40. The number of hydrogen-bond donors (Lipinski definition) is 3. The van der Waals surface area contributed by atoms with Crippen molar-refractivity contribution in [2.24, 2.45) is 0 Å². The number of sulfone groups is 1. The Morgan fingerprint density at radius 3 is 2.37 bits per heavy atom. The van der Waals surface area contributed by atoms with Crippen LogP contribution in [0.25, 0.3) is 11.4 Å². The van der Waals surface area contributed by atoms with Crippen LogP contribution in [-0.2, 0) is 14.6 Å². The van der Waals surface area contributed by atoms with Gasteiger partial charge in [0.2, 0.25) is 0 Å². The minimum Gasteiger partial charge on any atom is -0.384 e. The summed E-state index contributed by atoms with van der Waals surface area (Å²) in [6.07, 6.45) is 2.01. The minimum atomic E-state index is -3.40. The maximum atomic E-state index is 12.1. The van der Waals surface area contributed by atoms with E-state index in [-0.39, 0.29) is 11.8 Å². The molecule has 0 saturated heterocycles. The fourth-order valence-corrected chi connectivity index (χ4v) is 2.69. The van der Waals surface area contributed by atoms with Gasteiger partial charge in [-0.25, -0.2) is 23.2 Å². The van der Waals surface area contributed by atoms with E-state index in [4.69, 9.17) is 5.73 Å². The second-order valence-corrected chi connectivity index (χ2v) is 9.31. The van der Waals surface area contributed by atoms with Crippen LogP contribution in [0, 0.1) is 0 Å². The first-order valence-electron chi connectivity index (χ1n) is 8.54. The Balaban J connectivity index is 2.30. The third-order valence-corrected chi connectivity index (χ3v) is 6.29. The van der Waals surface area contributed by atoms with Crippen LogP contribution in [0.3, 0.4) is 0 Å². The molecular weight excluding hydrogens is 366 g/mol. The van der Waals surface area contributed by atoms with Crippen molar-refractivity contribution < 1.29 is 13.2 Å². The van der Waals surface area contributed by atoms with Crippen molar-refractivity contribution in [2.75, 3.05) is 23.9 Å². The van der Waals surface area contributed by atoms with Crippen molar-refractivity contribution in [2.45, 2.75) is 31.9 Å². The lowest BCUT2D eigenvalue weighted by Gasteiger charge is -2.22. The number of amides is 2. The number of nitrogens with zero attached hydrogens (tertiary/aromatic N) is 2. The van der Waals surface area contributed by atoms with Crippen LogP contribution in [0.15, 0.2) is 30.3 Å². The van der Waals surface area contributed by atoms with Crippen LogP contribution in [0.4, 0.5) is 16.3 Å². The SMILES string of the molecule is CCCNC(=O)Nc1ccc(-c2nc(N)cc(C(C)(C)S(C)(=O)=O)n2)cc1. The third-order valence-electron chi connectivity index (χ3n) is 4.23. The van der Waals surface area contributed by atoms with Crippen molar-refractivity contribution in [1.82, 2.24) is 15.3 Å². The van der Waals surface area contributed by atoms with E-state index < -0.39 is 14.6 Å². The molecule has 0 bridgehead atoms. The van der Waals surface area contributed by atoms with Crippen LogP contribution in [0.1, 0.15) is 32.9 Å². The number of aromatic nitrogens is 2. The summed E-state index contributed by atoms with van der Waals surface area (Å²) < 4.78 is 23.0. The molecular formula is C18H25N5O3S. The summed E-state index contributed by atoms with van der Waals surface area (Å²) in [4.78, 5) is 20.3. The number of urea groups is 1. The molecule has 27 heavy (non-hydrogen) atoms. The molecule has 8 nitrogen and oxygen atoms in total. The summed E-state index contributed by atoms with van der Waals surface area (Å²) in [5.74, 6) is 0.511. The average Bonchev–Trinajstić information content (AvgIpc) is 2.59. The van der Waals surface area contributed by atoms with Crippen molar-refractivity contribution in [1.29, 1.82) is 0 Å². The van der Waals surface area contributed by atoms with Crippen LogP contribution in [0.5, 0.6) is 0 Å². The maximum Gasteiger partial charge on any atom is 0.319 e. The Morgan fingerprint density at radius 1 is 1.19 bits per heavy atom. The maximum absolute atomic E-state index is 12.1. The molecule has 1 aromatic carbocycles. The van der Waals surface area contributed by atoms with E-state index in [1.165, 1.54) is 6.07 Å². The quantitative estimate of drug-likeness (QED) is 0.694. The number of benzene rings is 1. The topological polar surface area (TPSA) is 127 Å². The van der Waals surface area contributed by atoms with E-state index in [1.54, 1.807) is 38.1 Å². The Hall–Kier alpha value is -2.68. The zero-order valence-electron chi connectivity index (χ0n) is 15.9. The lowest BCUT2D eigenvalue weighted by Crippen LogP contribution is -2.29. The van der Waals surface area contributed by atoms with Gasteiger partial charge in [-0.1, -0.05) is 6.92 Å². The first kappa shape index (κ1) is 20.6. The first-order chi connectivity index (χ1) is 12.5.